The van der Waals surface area contributed by atoms with Crippen LogP contribution in [0.1, 0.15) is 5.56 Å². The third kappa shape index (κ3) is 2.04. The van der Waals surface area contributed by atoms with E-state index in [0.717, 1.165) is 22.0 Å². The molecule has 0 saturated carbocycles. The number of nitrogen functional groups attached to an aromatic ring is 1. The molecule has 0 unspecified atom stereocenters. The molecule has 0 radical (unpaired) electrons. The van der Waals surface area contributed by atoms with Gasteiger partial charge < -0.3 is 5.73 Å². The Bertz CT molecular complexity index is 761. The van der Waals surface area contributed by atoms with E-state index in [2.05, 4.69) is 18.0 Å². The molecule has 2 N–H and O–H groups in total. The van der Waals surface area contributed by atoms with Crippen LogP contribution in [0, 0.1) is 6.92 Å². The van der Waals surface area contributed by atoms with E-state index < -0.39 is 0 Å². The summed E-state index contributed by atoms with van der Waals surface area (Å²) in [6.45, 7) is 2.05. The van der Waals surface area contributed by atoms with Gasteiger partial charge in [-0.15, -0.1) is 0 Å². The fraction of sp³-hybridized carbons (Fsp3) is 0.0625. The van der Waals surface area contributed by atoms with Gasteiger partial charge in [0.1, 0.15) is 0 Å². The molecule has 0 amide bonds. The smallest absolute Gasteiger partial charge is 0.0710 e. The van der Waals surface area contributed by atoms with Crippen LogP contribution < -0.4 is 5.73 Å². The molecule has 0 aliphatic carbocycles. The Kier molecular flexibility index (Phi) is 2.88. The summed E-state index contributed by atoms with van der Waals surface area (Å²) in [5.41, 5.74) is 10.8. The molecule has 19 heavy (non-hydrogen) atoms. The summed E-state index contributed by atoms with van der Waals surface area (Å²) < 4.78 is 0. The molecular weight excluding hydrogens is 256 g/mol. The summed E-state index contributed by atoms with van der Waals surface area (Å²) in [5.74, 6) is 0. The average molecular weight is 269 g/mol. The molecule has 0 aliphatic heterocycles. The van der Waals surface area contributed by atoms with Gasteiger partial charge in [-0.1, -0.05) is 41.4 Å². The zero-order valence-electron chi connectivity index (χ0n) is 10.5. The SMILES string of the molecule is Cc1ccc2ncc(N)c(-c3ccccc3Cl)c2c1. The lowest BCUT2D eigenvalue weighted by molar-refractivity contribution is 1.39. The molecule has 0 fully saturated rings. The first kappa shape index (κ1) is 12.0. The third-order valence-electron chi connectivity index (χ3n) is 3.20. The summed E-state index contributed by atoms with van der Waals surface area (Å²) in [7, 11) is 0. The van der Waals surface area contributed by atoms with Gasteiger partial charge in [0.2, 0.25) is 0 Å². The number of benzene rings is 2. The molecule has 0 bridgehead atoms. The monoisotopic (exact) mass is 268 g/mol. The van der Waals surface area contributed by atoms with Crippen LogP contribution in [-0.2, 0) is 0 Å². The fourth-order valence-electron chi connectivity index (χ4n) is 2.29. The lowest BCUT2D eigenvalue weighted by Gasteiger charge is -2.11. The Hall–Kier alpha value is -2.06. The lowest BCUT2D eigenvalue weighted by Crippen LogP contribution is -1.94. The molecule has 3 aromatic rings. The van der Waals surface area contributed by atoms with Crippen LogP contribution in [-0.4, -0.2) is 4.98 Å². The van der Waals surface area contributed by atoms with Crippen molar-refractivity contribution >= 4 is 28.2 Å². The van der Waals surface area contributed by atoms with E-state index in [1.807, 2.05) is 36.4 Å². The predicted molar refractivity (Wildman–Crippen MR) is 81.3 cm³/mol. The molecule has 94 valence electrons. The van der Waals surface area contributed by atoms with Gasteiger partial charge in [0, 0.05) is 21.5 Å². The highest BCUT2D eigenvalue weighted by atomic mass is 35.5. The minimum atomic E-state index is 0.645. The summed E-state index contributed by atoms with van der Waals surface area (Å²) in [4.78, 5) is 4.37. The summed E-state index contributed by atoms with van der Waals surface area (Å²) in [6, 6.07) is 13.9. The van der Waals surface area contributed by atoms with Crippen molar-refractivity contribution in [2.75, 3.05) is 5.73 Å². The molecule has 2 aromatic carbocycles. The Balaban J connectivity index is 2.43. The van der Waals surface area contributed by atoms with Gasteiger partial charge in [-0.2, -0.15) is 0 Å². The molecule has 3 heteroatoms. The maximum atomic E-state index is 6.29. The number of pyridine rings is 1. The molecule has 0 saturated heterocycles. The zero-order chi connectivity index (χ0) is 13.4. The molecule has 1 heterocycles. The summed E-state index contributed by atoms with van der Waals surface area (Å²) >= 11 is 6.29. The van der Waals surface area contributed by atoms with Crippen molar-refractivity contribution in [1.82, 2.24) is 4.98 Å². The number of aromatic nitrogens is 1. The van der Waals surface area contributed by atoms with E-state index in [0.29, 0.717) is 10.7 Å². The Morgan fingerprint density at radius 1 is 1.11 bits per heavy atom. The number of fused-ring (bicyclic) bond motifs is 1. The van der Waals surface area contributed by atoms with E-state index in [1.54, 1.807) is 6.20 Å². The molecular formula is C16H13ClN2. The normalized spacial score (nSPS) is 10.8. The quantitative estimate of drug-likeness (QED) is 0.708. The minimum Gasteiger partial charge on any atom is -0.397 e. The van der Waals surface area contributed by atoms with E-state index in [-0.39, 0.29) is 0 Å². The lowest BCUT2D eigenvalue weighted by atomic mass is 9.98. The van der Waals surface area contributed by atoms with Crippen molar-refractivity contribution in [3.63, 3.8) is 0 Å². The first-order valence-electron chi connectivity index (χ1n) is 6.06. The van der Waals surface area contributed by atoms with Gasteiger partial charge >= 0.3 is 0 Å². The summed E-state index contributed by atoms with van der Waals surface area (Å²) in [5, 5.41) is 1.73. The fourth-order valence-corrected chi connectivity index (χ4v) is 2.52. The largest absolute Gasteiger partial charge is 0.397 e. The number of halogens is 1. The molecule has 1 aromatic heterocycles. The van der Waals surface area contributed by atoms with Crippen LogP contribution in [0.15, 0.2) is 48.7 Å². The van der Waals surface area contributed by atoms with Crippen LogP contribution >= 0.6 is 11.6 Å². The molecule has 0 spiro atoms. The highest BCUT2D eigenvalue weighted by Crippen LogP contribution is 2.36. The van der Waals surface area contributed by atoms with Crippen LogP contribution in [0.4, 0.5) is 5.69 Å². The van der Waals surface area contributed by atoms with Gasteiger partial charge in [-0.3, -0.25) is 4.98 Å². The van der Waals surface area contributed by atoms with Crippen molar-refractivity contribution in [2.24, 2.45) is 0 Å². The molecule has 0 aliphatic rings. The highest BCUT2D eigenvalue weighted by Gasteiger charge is 2.11. The number of aryl methyl sites for hydroxylation is 1. The van der Waals surface area contributed by atoms with Gasteiger partial charge in [0.15, 0.2) is 0 Å². The number of hydrogen-bond donors (Lipinski definition) is 1. The van der Waals surface area contributed by atoms with Crippen LogP contribution in [0.2, 0.25) is 5.02 Å². The maximum Gasteiger partial charge on any atom is 0.0710 e. The second-order valence-corrected chi connectivity index (χ2v) is 5.00. The number of hydrogen-bond acceptors (Lipinski definition) is 2. The molecule has 3 rings (SSSR count). The van der Waals surface area contributed by atoms with Crippen LogP contribution in [0.5, 0.6) is 0 Å². The third-order valence-corrected chi connectivity index (χ3v) is 3.53. The van der Waals surface area contributed by atoms with Crippen LogP contribution in [0.3, 0.4) is 0 Å². The van der Waals surface area contributed by atoms with Crippen molar-refractivity contribution in [3.8, 4) is 11.1 Å². The van der Waals surface area contributed by atoms with Gasteiger partial charge in [0.05, 0.1) is 17.4 Å². The second-order valence-electron chi connectivity index (χ2n) is 4.59. The molecule has 0 atom stereocenters. The standard InChI is InChI=1S/C16H13ClN2/c1-10-6-7-15-12(8-10)16(14(18)9-19-15)11-4-2-3-5-13(11)17/h2-9H,18H2,1H3. The van der Waals surface area contributed by atoms with E-state index in [9.17, 15) is 0 Å². The first-order valence-corrected chi connectivity index (χ1v) is 6.44. The van der Waals surface area contributed by atoms with Gasteiger partial charge in [-0.25, -0.2) is 0 Å². The van der Waals surface area contributed by atoms with Crippen molar-refractivity contribution in [2.45, 2.75) is 6.92 Å². The Morgan fingerprint density at radius 2 is 1.89 bits per heavy atom. The zero-order valence-corrected chi connectivity index (χ0v) is 11.3. The van der Waals surface area contributed by atoms with E-state index in [4.69, 9.17) is 17.3 Å². The number of nitrogens with two attached hydrogens (primary N) is 1. The topological polar surface area (TPSA) is 38.9 Å². The van der Waals surface area contributed by atoms with Crippen LogP contribution in [0.25, 0.3) is 22.0 Å². The number of rotatable bonds is 1. The number of anilines is 1. The van der Waals surface area contributed by atoms with E-state index in [1.165, 1.54) is 5.56 Å². The van der Waals surface area contributed by atoms with Gasteiger partial charge in [-0.05, 0) is 25.1 Å². The summed E-state index contributed by atoms with van der Waals surface area (Å²) in [6.07, 6.45) is 1.69. The second kappa shape index (κ2) is 4.56. The average Bonchev–Trinajstić information content (AvgIpc) is 2.40. The van der Waals surface area contributed by atoms with Crippen molar-refractivity contribution in [3.05, 3.63) is 59.2 Å². The Morgan fingerprint density at radius 3 is 2.68 bits per heavy atom. The van der Waals surface area contributed by atoms with Gasteiger partial charge in [0.25, 0.3) is 0 Å². The highest BCUT2D eigenvalue weighted by molar-refractivity contribution is 6.34. The van der Waals surface area contributed by atoms with E-state index >= 15 is 0 Å². The maximum absolute atomic E-state index is 6.29. The van der Waals surface area contributed by atoms with Crippen molar-refractivity contribution in [1.29, 1.82) is 0 Å². The Labute approximate surface area is 116 Å². The first-order chi connectivity index (χ1) is 9.16. The minimum absolute atomic E-state index is 0.645. The number of nitrogens with zero attached hydrogens (tertiary/aromatic N) is 1. The van der Waals surface area contributed by atoms with Crippen molar-refractivity contribution < 1.29 is 0 Å². The predicted octanol–water partition coefficient (Wildman–Crippen LogP) is 4.45. The molecule has 2 nitrogen and oxygen atoms in total.